The fourth-order valence-corrected chi connectivity index (χ4v) is 2.40. The smallest absolute Gasteiger partial charge is 0.166 e. The number of anilines is 1. The molecule has 0 unspecified atom stereocenters. The molecule has 0 aromatic heterocycles. The Morgan fingerprint density at radius 1 is 1.00 bits per heavy atom. The summed E-state index contributed by atoms with van der Waals surface area (Å²) in [4.78, 5) is 0. The van der Waals surface area contributed by atoms with Gasteiger partial charge in [-0.1, -0.05) is 44.5 Å². The van der Waals surface area contributed by atoms with E-state index in [2.05, 4.69) is 49.5 Å². The topological polar surface area (TPSA) is 30.5 Å². The molecule has 0 amide bonds. The molecule has 124 valence electrons. The first-order valence-electron chi connectivity index (χ1n) is 8.40. The number of methoxy groups -OCH3 is 1. The van der Waals surface area contributed by atoms with Crippen molar-refractivity contribution in [2.75, 3.05) is 19.0 Å². The van der Waals surface area contributed by atoms with Crippen LogP contribution in [-0.4, -0.2) is 13.7 Å². The Hall–Kier alpha value is -2.16. The number of ether oxygens (including phenoxy) is 2. The van der Waals surface area contributed by atoms with Gasteiger partial charge in [0.15, 0.2) is 11.5 Å². The van der Waals surface area contributed by atoms with Crippen LogP contribution in [-0.2, 0) is 13.0 Å². The van der Waals surface area contributed by atoms with Crippen LogP contribution in [0.2, 0.25) is 0 Å². The number of rotatable bonds is 9. The van der Waals surface area contributed by atoms with Crippen LogP contribution < -0.4 is 14.8 Å². The third-order valence-electron chi connectivity index (χ3n) is 3.87. The summed E-state index contributed by atoms with van der Waals surface area (Å²) < 4.78 is 11.4. The predicted octanol–water partition coefficient (Wildman–Crippen LogP) is 5.05. The summed E-state index contributed by atoms with van der Waals surface area (Å²) in [7, 11) is 1.68. The average molecular weight is 313 g/mol. The van der Waals surface area contributed by atoms with Gasteiger partial charge < -0.3 is 14.8 Å². The minimum atomic E-state index is 0.712. The van der Waals surface area contributed by atoms with Gasteiger partial charge >= 0.3 is 0 Å². The molecule has 0 bridgehead atoms. The number of nitrogens with one attached hydrogen (secondary N) is 1. The first-order chi connectivity index (χ1) is 11.3. The van der Waals surface area contributed by atoms with Gasteiger partial charge in [-0.2, -0.15) is 0 Å². The molecule has 2 aromatic rings. The highest BCUT2D eigenvalue weighted by molar-refractivity contribution is 5.50. The van der Waals surface area contributed by atoms with Gasteiger partial charge in [-0.3, -0.25) is 0 Å². The maximum Gasteiger partial charge on any atom is 0.166 e. The molecule has 0 heterocycles. The van der Waals surface area contributed by atoms with Crippen molar-refractivity contribution < 1.29 is 9.47 Å². The predicted molar refractivity (Wildman–Crippen MR) is 96.5 cm³/mol. The second kappa shape index (κ2) is 9.09. The largest absolute Gasteiger partial charge is 0.493 e. The molecule has 2 aromatic carbocycles. The van der Waals surface area contributed by atoms with Crippen molar-refractivity contribution in [1.29, 1.82) is 0 Å². The normalized spacial score (nSPS) is 10.4. The molecular weight excluding hydrogens is 286 g/mol. The third kappa shape index (κ3) is 4.92. The van der Waals surface area contributed by atoms with Gasteiger partial charge in [0.1, 0.15) is 0 Å². The molecule has 0 spiro atoms. The number of para-hydroxylation sites is 1. The highest BCUT2D eigenvalue weighted by Gasteiger charge is 2.10. The molecule has 3 nitrogen and oxygen atoms in total. The summed E-state index contributed by atoms with van der Waals surface area (Å²) in [5.41, 5.74) is 3.57. The van der Waals surface area contributed by atoms with Gasteiger partial charge in [0, 0.05) is 17.8 Å². The van der Waals surface area contributed by atoms with E-state index in [1.54, 1.807) is 7.11 Å². The molecule has 0 fully saturated rings. The lowest BCUT2D eigenvalue weighted by Crippen LogP contribution is -2.06. The summed E-state index contributed by atoms with van der Waals surface area (Å²) in [5.74, 6) is 1.64. The first-order valence-corrected chi connectivity index (χ1v) is 8.40. The summed E-state index contributed by atoms with van der Waals surface area (Å²) >= 11 is 0. The molecule has 0 aliphatic heterocycles. The fraction of sp³-hybridized carbons (Fsp3) is 0.400. The van der Waals surface area contributed by atoms with E-state index in [4.69, 9.17) is 9.47 Å². The highest BCUT2D eigenvalue weighted by Crippen LogP contribution is 2.31. The Morgan fingerprint density at radius 3 is 2.43 bits per heavy atom. The van der Waals surface area contributed by atoms with Gasteiger partial charge in [0.05, 0.1) is 13.7 Å². The van der Waals surface area contributed by atoms with E-state index < -0.39 is 0 Å². The number of hydrogen-bond donors (Lipinski definition) is 1. The van der Waals surface area contributed by atoms with Crippen LogP contribution in [0.1, 0.15) is 37.8 Å². The van der Waals surface area contributed by atoms with Gasteiger partial charge in [-0.25, -0.2) is 0 Å². The monoisotopic (exact) mass is 313 g/mol. The van der Waals surface area contributed by atoms with Crippen LogP contribution in [0.15, 0.2) is 42.5 Å². The molecule has 2 rings (SSSR count). The van der Waals surface area contributed by atoms with E-state index in [-0.39, 0.29) is 0 Å². The zero-order chi connectivity index (χ0) is 16.5. The third-order valence-corrected chi connectivity index (χ3v) is 3.87. The van der Waals surface area contributed by atoms with Crippen LogP contribution in [0, 0.1) is 0 Å². The van der Waals surface area contributed by atoms with Crippen molar-refractivity contribution in [3.63, 3.8) is 0 Å². The summed E-state index contributed by atoms with van der Waals surface area (Å²) in [5, 5.41) is 3.46. The van der Waals surface area contributed by atoms with E-state index >= 15 is 0 Å². The second-order valence-corrected chi connectivity index (χ2v) is 5.55. The van der Waals surface area contributed by atoms with E-state index in [1.807, 2.05) is 12.1 Å². The first kappa shape index (κ1) is 17.2. The Bertz CT molecular complexity index is 593. The Balaban J connectivity index is 2.07. The highest BCUT2D eigenvalue weighted by atomic mass is 16.5. The second-order valence-electron chi connectivity index (χ2n) is 5.55. The summed E-state index contributed by atoms with van der Waals surface area (Å²) in [6.45, 7) is 5.76. The van der Waals surface area contributed by atoms with E-state index in [0.29, 0.717) is 6.54 Å². The zero-order valence-corrected chi connectivity index (χ0v) is 14.4. The van der Waals surface area contributed by atoms with Crippen molar-refractivity contribution in [1.82, 2.24) is 0 Å². The van der Waals surface area contributed by atoms with Crippen molar-refractivity contribution in [3.05, 3.63) is 53.6 Å². The van der Waals surface area contributed by atoms with Crippen LogP contribution >= 0.6 is 0 Å². The molecule has 23 heavy (non-hydrogen) atoms. The number of benzene rings is 2. The average Bonchev–Trinajstić information content (AvgIpc) is 2.61. The maximum atomic E-state index is 5.96. The lowest BCUT2D eigenvalue weighted by molar-refractivity contribution is 0.285. The number of hydrogen-bond acceptors (Lipinski definition) is 3. The number of unbranched alkanes of at least 4 members (excludes halogenated alkanes) is 1. The van der Waals surface area contributed by atoms with Crippen molar-refractivity contribution in [2.24, 2.45) is 0 Å². The van der Waals surface area contributed by atoms with Gasteiger partial charge in [0.2, 0.25) is 0 Å². The lowest BCUT2D eigenvalue weighted by Gasteiger charge is -2.16. The Morgan fingerprint density at radius 2 is 1.78 bits per heavy atom. The molecule has 0 radical (unpaired) electrons. The van der Waals surface area contributed by atoms with Gasteiger partial charge in [-0.05, 0) is 36.6 Å². The van der Waals surface area contributed by atoms with E-state index in [9.17, 15) is 0 Å². The fourth-order valence-electron chi connectivity index (χ4n) is 2.40. The molecule has 0 aliphatic carbocycles. The quantitative estimate of drug-likeness (QED) is 0.657. The molecule has 0 saturated carbocycles. The molecule has 0 atom stereocenters. The van der Waals surface area contributed by atoms with Crippen molar-refractivity contribution >= 4 is 5.69 Å². The maximum absolute atomic E-state index is 5.96. The SMILES string of the molecule is CCCCOc1c(CNc2ccc(CC)cc2)cccc1OC. The molecule has 0 aliphatic rings. The standard InChI is InChI=1S/C20H27NO2/c1-4-6-14-23-20-17(8-7-9-19(20)22-3)15-21-18-12-10-16(5-2)11-13-18/h7-13,21H,4-6,14-15H2,1-3H3. The molecule has 1 N–H and O–H groups in total. The van der Waals surface area contributed by atoms with Gasteiger partial charge in [0.25, 0.3) is 0 Å². The lowest BCUT2D eigenvalue weighted by atomic mass is 10.1. The molecule has 0 saturated heterocycles. The van der Waals surface area contributed by atoms with Crippen LogP contribution in [0.25, 0.3) is 0 Å². The van der Waals surface area contributed by atoms with Crippen molar-refractivity contribution in [2.45, 2.75) is 39.7 Å². The Kier molecular flexibility index (Phi) is 6.79. The summed E-state index contributed by atoms with van der Waals surface area (Å²) in [6.07, 6.45) is 3.22. The van der Waals surface area contributed by atoms with E-state index in [0.717, 1.165) is 48.6 Å². The minimum Gasteiger partial charge on any atom is -0.493 e. The number of aryl methyl sites for hydroxylation is 1. The van der Waals surface area contributed by atoms with Crippen LogP contribution in [0.4, 0.5) is 5.69 Å². The van der Waals surface area contributed by atoms with Crippen LogP contribution in [0.3, 0.4) is 0 Å². The van der Waals surface area contributed by atoms with Crippen molar-refractivity contribution in [3.8, 4) is 11.5 Å². The summed E-state index contributed by atoms with van der Waals surface area (Å²) in [6, 6.07) is 14.6. The zero-order valence-electron chi connectivity index (χ0n) is 14.4. The van der Waals surface area contributed by atoms with Gasteiger partial charge in [-0.15, -0.1) is 0 Å². The molecular formula is C20H27NO2. The molecule has 3 heteroatoms. The minimum absolute atomic E-state index is 0.712. The van der Waals surface area contributed by atoms with E-state index in [1.165, 1.54) is 5.56 Å². The Labute approximate surface area is 139 Å². The van der Waals surface area contributed by atoms with Crippen LogP contribution in [0.5, 0.6) is 11.5 Å².